The van der Waals surface area contributed by atoms with E-state index in [1.54, 1.807) is 24.3 Å². The topological polar surface area (TPSA) is 67.4 Å². The molecular weight excluding hydrogens is 376 g/mol. The van der Waals surface area contributed by atoms with Crippen LogP contribution in [0.25, 0.3) is 0 Å². The number of aryl methyl sites for hydroxylation is 2. The van der Waals surface area contributed by atoms with Gasteiger partial charge in [0, 0.05) is 17.8 Å². The average molecular weight is 402 g/mol. The van der Waals surface area contributed by atoms with Crippen LogP contribution in [0.3, 0.4) is 0 Å². The molecule has 5 heteroatoms. The number of carbonyl (C=O) groups is 2. The van der Waals surface area contributed by atoms with Crippen LogP contribution in [-0.2, 0) is 22.4 Å². The second-order valence-corrected chi connectivity index (χ2v) is 6.95. The molecule has 0 radical (unpaired) electrons. The summed E-state index contributed by atoms with van der Waals surface area (Å²) in [5.74, 6) is 0.378. The highest BCUT2D eigenvalue weighted by Gasteiger charge is 2.06. The zero-order valence-corrected chi connectivity index (χ0v) is 17.1. The lowest BCUT2D eigenvalue weighted by molar-refractivity contribution is -0.118. The zero-order valence-electron chi connectivity index (χ0n) is 17.1. The van der Waals surface area contributed by atoms with E-state index in [9.17, 15) is 9.59 Å². The van der Waals surface area contributed by atoms with Gasteiger partial charge in [-0.05, 0) is 60.4 Å². The van der Waals surface area contributed by atoms with Crippen LogP contribution in [0.1, 0.15) is 24.5 Å². The van der Waals surface area contributed by atoms with Gasteiger partial charge in [-0.3, -0.25) is 9.59 Å². The van der Waals surface area contributed by atoms with Crippen LogP contribution in [0.4, 0.5) is 11.4 Å². The minimum atomic E-state index is -0.241. The number of carbonyl (C=O) groups excluding carboxylic acids is 2. The van der Waals surface area contributed by atoms with Crippen molar-refractivity contribution in [2.24, 2.45) is 0 Å². The van der Waals surface area contributed by atoms with Gasteiger partial charge in [-0.1, -0.05) is 49.4 Å². The first-order valence-electron chi connectivity index (χ1n) is 10.1. The van der Waals surface area contributed by atoms with Gasteiger partial charge >= 0.3 is 0 Å². The fraction of sp³-hybridized carbons (Fsp3) is 0.200. The predicted molar refractivity (Wildman–Crippen MR) is 120 cm³/mol. The number of benzene rings is 3. The Labute approximate surface area is 177 Å². The number of hydrogen-bond donors (Lipinski definition) is 2. The Morgan fingerprint density at radius 1 is 0.733 bits per heavy atom. The number of anilines is 2. The molecule has 154 valence electrons. The summed E-state index contributed by atoms with van der Waals surface area (Å²) in [4.78, 5) is 24.2. The fourth-order valence-electron chi connectivity index (χ4n) is 2.93. The van der Waals surface area contributed by atoms with E-state index in [0.29, 0.717) is 30.0 Å². The molecule has 2 N–H and O–H groups in total. The molecule has 0 saturated carbocycles. The van der Waals surface area contributed by atoms with Crippen LogP contribution < -0.4 is 15.4 Å². The fourth-order valence-corrected chi connectivity index (χ4v) is 2.93. The van der Waals surface area contributed by atoms with E-state index in [1.165, 1.54) is 5.56 Å². The first-order chi connectivity index (χ1) is 14.6. The summed E-state index contributed by atoms with van der Waals surface area (Å²) in [7, 11) is 0. The molecule has 0 unspecified atom stereocenters. The monoisotopic (exact) mass is 402 g/mol. The van der Waals surface area contributed by atoms with Crippen molar-refractivity contribution in [2.75, 3.05) is 17.2 Å². The maximum atomic E-state index is 12.1. The van der Waals surface area contributed by atoms with Crippen LogP contribution in [0.5, 0.6) is 5.75 Å². The van der Waals surface area contributed by atoms with Crippen molar-refractivity contribution in [2.45, 2.75) is 26.2 Å². The predicted octanol–water partition coefficient (Wildman–Crippen LogP) is 4.84. The maximum Gasteiger partial charge on any atom is 0.262 e. The van der Waals surface area contributed by atoms with Gasteiger partial charge in [-0.25, -0.2) is 0 Å². The largest absolute Gasteiger partial charge is 0.484 e. The Hall–Kier alpha value is -3.60. The first kappa shape index (κ1) is 21.1. The summed E-state index contributed by atoms with van der Waals surface area (Å²) < 4.78 is 5.51. The van der Waals surface area contributed by atoms with Crippen molar-refractivity contribution in [1.82, 2.24) is 0 Å². The van der Waals surface area contributed by atoms with Gasteiger partial charge in [-0.15, -0.1) is 0 Å². The molecule has 0 fully saturated rings. The normalized spacial score (nSPS) is 10.3. The Morgan fingerprint density at radius 3 is 1.93 bits per heavy atom. The van der Waals surface area contributed by atoms with E-state index in [1.807, 2.05) is 54.6 Å². The lowest BCUT2D eigenvalue weighted by Gasteiger charge is -2.09. The van der Waals surface area contributed by atoms with Gasteiger partial charge in [0.15, 0.2) is 6.61 Å². The number of rotatable bonds is 9. The molecule has 0 aliphatic heterocycles. The maximum absolute atomic E-state index is 12.1. The van der Waals surface area contributed by atoms with E-state index in [4.69, 9.17) is 4.74 Å². The Balaban J connectivity index is 1.41. The van der Waals surface area contributed by atoms with E-state index in [-0.39, 0.29) is 18.4 Å². The highest BCUT2D eigenvalue weighted by Crippen LogP contribution is 2.15. The van der Waals surface area contributed by atoms with Crippen molar-refractivity contribution in [3.63, 3.8) is 0 Å². The lowest BCUT2D eigenvalue weighted by atomic mass is 10.1. The third-order valence-corrected chi connectivity index (χ3v) is 4.64. The van der Waals surface area contributed by atoms with E-state index < -0.39 is 0 Å². The van der Waals surface area contributed by atoms with Crippen LogP contribution in [0.2, 0.25) is 0 Å². The van der Waals surface area contributed by atoms with Crippen molar-refractivity contribution in [3.8, 4) is 5.75 Å². The third-order valence-electron chi connectivity index (χ3n) is 4.64. The second-order valence-electron chi connectivity index (χ2n) is 6.95. The van der Waals surface area contributed by atoms with Crippen molar-refractivity contribution in [3.05, 3.63) is 90.0 Å². The smallest absolute Gasteiger partial charge is 0.262 e. The number of amides is 2. The highest BCUT2D eigenvalue weighted by molar-refractivity contribution is 5.93. The van der Waals surface area contributed by atoms with Gasteiger partial charge in [0.25, 0.3) is 5.91 Å². The second kappa shape index (κ2) is 10.8. The summed E-state index contributed by atoms with van der Waals surface area (Å²) in [5.41, 5.74) is 3.69. The first-order valence-corrected chi connectivity index (χ1v) is 10.1. The molecule has 30 heavy (non-hydrogen) atoms. The summed E-state index contributed by atoms with van der Waals surface area (Å²) in [6.07, 6.45) is 2.07. The number of hydrogen-bond acceptors (Lipinski definition) is 3. The molecule has 3 aromatic rings. The van der Waals surface area contributed by atoms with Crippen molar-refractivity contribution < 1.29 is 14.3 Å². The van der Waals surface area contributed by atoms with Crippen LogP contribution in [0.15, 0.2) is 78.9 Å². The number of nitrogens with one attached hydrogen (secondary N) is 2. The lowest BCUT2D eigenvalue weighted by Crippen LogP contribution is -2.20. The SMILES string of the molecule is CCc1ccc(OCC(=O)Nc2ccc(NC(=O)CCc3ccccc3)cc2)cc1. The zero-order chi connectivity index (χ0) is 21.2. The average Bonchev–Trinajstić information content (AvgIpc) is 2.79. The molecule has 0 heterocycles. The molecule has 0 bridgehead atoms. The molecule has 5 nitrogen and oxygen atoms in total. The molecule has 0 spiro atoms. The van der Waals surface area contributed by atoms with Gasteiger partial charge in [0.1, 0.15) is 5.75 Å². The molecule has 0 aromatic heterocycles. The molecular formula is C25H26N2O3. The van der Waals surface area contributed by atoms with Crippen LogP contribution in [-0.4, -0.2) is 18.4 Å². The van der Waals surface area contributed by atoms with Crippen molar-refractivity contribution >= 4 is 23.2 Å². The molecule has 0 aliphatic carbocycles. The third kappa shape index (κ3) is 6.78. The van der Waals surface area contributed by atoms with Gasteiger partial charge in [-0.2, -0.15) is 0 Å². The summed E-state index contributed by atoms with van der Waals surface area (Å²) >= 11 is 0. The van der Waals surface area contributed by atoms with E-state index in [2.05, 4.69) is 17.6 Å². The summed E-state index contributed by atoms with van der Waals surface area (Å²) in [6.45, 7) is 2.02. The Morgan fingerprint density at radius 2 is 1.33 bits per heavy atom. The number of ether oxygens (including phenoxy) is 1. The minimum absolute atomic E-state index is 0.0434. The summed E-state index contributed by atoms with van der Waals surface area (Å²) in [6, 6.07) is 24.6. The van der Waals surface area contributed by atoms with Crippen LogP contribution in [0, 0.1) is 0 Å². The van der Waals surface area contributed by atoms with Crippen LogP contribution >= 0.6 is 0 Å². The Bertz CT molecular complexity index is 952. The summed E-state index contributed by atoms with van der Waals surface area (Å²) in [5, 5.41) is 5.66. The molecule has 0 aliphatic rings. The van der Waals surface area contributed by atoms with Gasteiger partial charge in [0.2, 0.25) is 5.91 Å². The van der Waals surface area contributed by atoms with E-state index >= 15 is 0 Å². The highest BCUT2D eigenvalue weighted by atomic mass is 16.5. The standard InChI is InChI=1S/C25H26N2O3/c1-2-19-8-15-23(16-9-19)30-18-25(29)27-22-13-11-21(12-14-22)26-24(28)17-10-20-6-4-3-5-7-20/h3-9,11-16H,2,10,17-18H2,1H3,(H,26,28)(H,27,29). The van der Waals surface area contributed by atoms with Gasteiger partial charge in [0.05, 0.1) is 0 Å². The molecule has 3 rings (SSSR count). The van der Waals surface area contributed by atoms with Gasteiger partial charge < -0.3 is 15.4 Å². The molecule has 2 amide bonds. The Kier molecular flexibility index (Phi) is 7.61. The molecule has 3 aromatic carbocycles. The molecule has 0 atom stereocenters. The molecule has 0 saturated heterocycles. The van der Waals surface area contributed by atoms with E-state index in [0.717, 1.165) is 12.0 Å². The quantitative estimate of drug-likeness (QED) is 0.538. The van der Waals surface area contributed by atoms with Crippen molar-refractivity contribution in [1.29, 1.82) is 0 Å². The minimum Gasteiger partial charge on any atom is -0.484 e.